The number of hydrogen-bond acceptors (Lipinski definition) is 6. The lowest BCUT2D eigenvalue weighted by Gasteiger charge is -2.11. The Kier molecular flexibility index (Phi) is 6.92. The van der Waals surface area contributed by atoms with Gasteiger partial charge in [-0.1, -0.05) is 15.9 Å². The molecule has 1 aromatic carbocycles. The van der Waals surface area contributed by atoms with E-state index in [0.717, 1.165) is 4.47 Å². The van der Waals surface area contributed by atoms with Crippen LogP contribution >= 0.6 is 15.9 Å². The average Bonchev–Trinajstić information content (AvgIpc) is 2.87. The maximum Gasteiger partial charge on any atom is 0.344 e. The second-order valence-corrected chi connectivity index (χ2v) is 6.27. The van der Waals surface area contributed by atoms with Gasteiger partial charge in [-0.2, -0.15) is 10.4 Å². The van der Waals surface area contributed by atoms with Gasteiger partial charge in [0.2, 0.25) is 0 Å². The van der Waals surface area contributed by atoms with E-state index in [-0.39, 0.29) is 32.1 Å². The van der Waals surface area contributed by atoms with Crippen molar-refractivity contribution in [3.63, 3.8) is 0 Å². The average molecular weight is 420 g/mol. The maximum atomic E-state index is 12.5. The summed E-state index contributed by atoms with van der Waals surface area (Å²) in [5.41, 5.74) is 1.61. The molecule has 1 aliphatic rings. The van der Waals surface area contributed by atoms with E-state index in [1.165, 1.54) is 5.01 Å². The molecule has 2 rings (SSSR count). The molecule has 8 heteroatoms. The summed E-state index contributed by atoms with van der Waals surface area (Å²) in [6.07, 6.45) is 1.87. The molecular weight excluding hydrogens is 402 g/mol. The number of halogens is 1. The van der Waals surface area contributed by atoms with E-state index in [9.17, 15) is 9.59 Å². The van der Waals surface area contributed by atoms with Crippen molar-refractivity contribution in [2.75, 3.05) is 19.8 Å². The Hall–Kier alpha value is -2.66. The first-order valence-electron chi connectivity index (χ1n) is 8.00. The lowest BCUT2D eigenvalue weighted by molar-refractivity contribution is -0.145. The number of hydrazone groups is 1. The largest absolute Gasteiger partial charge is 0.481 e. The summed E-state index contributed by atoms with van der Waals surface area (Å²) in [5, 5.41) is 14.1. The molecule has 0 aromatic heterocycles. The van der Waals surface area contributed by atoms with Crippen LogP contribution in [0.25, 0.3) is 6.08 Å². The molecule has 136 valence electrons. The van der Waals surface area contributed by atoms with E-state index < -0.39 is 5.97 Å². The molecule has 1 aromatic rings. The van der Waals surface area contributed by atoms with Gasteiger partial charge in [0.1, 0.15) is 5.75 Å². The molecule has 0 radical (unpaired) electrons. The van der Waals surface area contributed by atoms with Gasteiger partial charge in [0, 0.05) is 10.0 Å². The third kappa shape index (κ3) is 4.92. The molecule has 0 atom stereocenters. The van der Waals surface area contributed by atoms with Crippen LogP contribution in [0.3, 0.4) is 0 Å². The highest BCUT2D eigenvalue weighted by Gasteiger charge is 2.27. The van der Waals surface area contributed by atoms with Gasteiger partial charge in [0.05, 0.1) is 36.9 Å². The number of benzene rings is 1. The Morgan fingerprint density at radius 1 is 1.46 bits per heavy atom. The highest BCUT2D eigenvalue weighted by Crippen LogP contribution is 2.28. The standard InChI is InChI=1S/C18H18BrN3O4/c1-3-25-17(23)11-26-16-6-5-14(19)9-13(16)10-15-12(2)21-22(18(15)24)8-4-7-20/h5-6,9-10H,3-4,8,11H2,1-2H3/b15-10+. The summed E-state index contributed by atoms with van der Waals surface area (Å²) < 4.78 is 11.2. The molecule has 26 heavy (non-hydrogen) atoms. The van der Waals surface area contributed by atoms with Crippen molar-refractivity contribution >= 4 is 39.6 Å². The summed E-state index contributed by atoms with van der Waals surface area (Å²) in [5.74, 6) is -0.287. The molecule has 0 saturated heterocycles. The highest BCUT2D eigenvalue weighted by atomic mass is 79.9. The van der Waals surface area contributed by atoms with Gasteiger partial charge in [0.25, 0.3) is 5.91 Å². The van der Waals surface area contributed by atoms with Crippen LogP contribution in [0.5, 0.6) is 5.75 Å². The summed E-state index contributed by atoms with van der Waals surface area (Å²) in [7, 11) is 0. The number of amides is 1. The molecule has 0 aliphatic carbocycles. The summed E-state index contributed by atoms with van der Waals surface area (Å²) in [6, 6.07) is 7.26. The zero-order valence-electron chi connectivity index (χ0n) is 14.5. The number of rotatable bonds is 7. The number of ether oxygens (including phenoxy) is 2. The van der Waals surface area contributed by atoms with E-state index in [0.29, 0.717) is 22.6 Å². The van der Waals surface area contributed by atoms with E-state index in [1.54, 1.807) is 38.1 Å². The Morgan fingerprint density at radius 3 is 2.92 bits per heavy atom. The first kappa shape index (κ1) is 19.7. The van der Waals surface area contributed by atoms with Crippen molar-refractivity contribution < 1.29 is 19.1 Å². The SMILES string of the molecule is CCOC(=O)COc1ccc(Br)cc1/C=C1/C(=O)N(CCC#N)N=C1C. The van der Waals surface area contributed by atoms with Crippen LogP contribution in [0, 0.1) is 11.3 Å². The Bertz CT molecular complexity index is 811. The zero-order chi connectivity index (χ0) is 19.1. The van der Waals surface area contributed by atoms with Crippen LogP contribution in [0.1, 0.15) is 25.8 Å². The molecule has 0 saturated carbocycles. The second kappa shape index (κ2) is 9.15. The number of carbonyl (C=O) groups excluding carboxylic acids is 2. The number of hydrogen-bond donors (Lipinski definition) is 0. The smallest absolute Gasteiger partial charge is 0.344 e. The number of nitriles is 1. The van der Waals surface area contributed by atoms with Gasteiger partial charge in [-0.05, 0) is 38.1 Å². The minimum absolute atomic E-state index is 0.209. The van der Waals surface area contributed by atoms with Crippen molar-refractivity contribution in [1.29, 1.82) is 5.26 Å². The number of carbonyl (C=O) groups is 2. The minimum Gasteiger partial charge on any atom is -0.481 e. The molecule has 1 heterocycles. The summed E-state index contributed by atoms with van der Waals surface area (Å²) >= 11 is 3.39. The third-order valence-electron chi connectivity index (χ3n) is 3.48. The predicted octanol–water partition coefficient (Wildman–Crippen LogP) is 2.91. The van der Waals surface area contributed by atoms with Gasteiger partial charge in [-0.15, -0.1) is 0 Å². The van der Waals surface area contributed by atoms with Crippen LogP contribution < -0.4 is 4.74 Å². The van der Waals surface area contributed by atoms with Crippen LogP contribution in [0.2, 0.25) is 0 Å². The maximum absolute atomic E-state index is 12.5. The lowest BCUT2D eigenvalue weighted by atomic mass is 10.1. The first-order chi connectivity index (χ1) is 12.5. The van der Waals surface area contributed by atoms with Crippen molar-refractivity contribution in [2.45, 2.75) is 20.3 Å². The topological polar surface area (TPSA) is 92.0 Å². The van der Waals surface area contributed by atoms with E-state index in [4.69, 9.17) is 14.7 Å². The number of nitrogens with zero attached hydrogens (tertiary/aromatic N) is 3. The van der Waals surface area contributed by atoms with Crippen LogP contribution in [-0.4, -0.2) is 42.4 Å². The predicted molar refractivity (Wildman–Crippen MR) is 99.3 cm³/mol. The van der Waals surface area contributed by atoms with E-state index >= 15 is 0 Å². The fourth-order valence-corrected chi connectivity index (χ4v) is 2.68. The van der Waals surface area contributed by atoms with E-state index in [2.05, 4.69) is 21.0 Å². The van der Waals surface area contributed by atoms with E-state index in [1.807, 2.05) is 6.07 Å². The molecular formula is C18H18BrN3O4. The van der Waals surface area contributed by atoms with Gasteiger partial charge < -0.3 is 9.47 Å². The van der Waals surface area contributed by atoms with Gasteiger partial charge in [-0.3, -0.25) is 4.79 Å². The van der Waals surface area contributed by atoms with Crippen molar-refractivity contribution in [1.82, 2.24) is 5.01 Å². The molecule has 0 fully saturated rings. The van der Waals surface area contributed by atoms with Crippen molar-refractivity contribution in [3.05, 3.63) is 33.8 Å². The molecule has 0 bridgehead atoms. The first-order valence-corrected chi connectivity index (χ1v) is 8.79. The van der Waals surface area contributed by atoms with Gasteiger partial charge in [0.15, 0.2) is 6.61 Å². The zero-order valence-corrected chi connectivity index (χ0v) is 16.1. The fraction of sp³-hybridized carbons (Fsp3) is 0.333. The number of esters is 1. The van der Waals surface area contributed by atoms with Gasteiger partial charge >= 0.3 is 5.97 Å². The second-order valence-electron chi connectivity index (χ2n) is 5.36. The fourth-order valence-electron chi connectivity index (χ4n) is 2.31. The summed E-state index contributed by atoms with van der Waals surface area (Å²) in [4.78, 5) is 24.0. The Balaban J connectivity index is 2.25. The molecule has 7 nitrogen and oxygen atoms in total. The van der Waals surface area contributed by atoms with Crippen molar-refractivity contribution in [2.24, 2.45) is 5.10 Å². The summed E-state index contributed by atoms with van der Waals surface area (Å²) in [6.45, 7) is 3.75. The normalized spacial score (nSPS) is 15.0. The van der Waals surface area contributed by atoms with Crippen LogP contribution in [0.4, 0.5) is 0 Å². The Morgan fingerprint density at radius 2 is 2.23 bits per heavy atom. The van der Waals surface area contributed by atoms with Crippen LogP contribution in [0.15, 0.2) is 33.3 Å². The molecule has 1 aliphatic heterocycles. The molecule has 0 spiro atoms. The Labute approximate surface area is 160 Å². The molecule has 0 N–H and O–H groups in total. The van der Waals surface area contributed by atoms with Crippen molar-refractivity contribution in [3.8, 4) is 11.8 Å². The van der Waals surface area contributed by atoms with Crippen LogP contribution in [-0.2, 0) is 14.3 Å². The third-order valence-corrected chi connectivity index (χ3v) is 3.98. The monoisotopic (exact) mass is 419 g/mol. The molecule has 0 unspecified atom stereocenters. The van der Waals surface area contributed by atoms with Gasteiger partial charge in [-0.25, -0.2) is 9.80 Å². The lowest BCUT2D eigenvalue weighted by Crippen LogP contribution is -2.23. The highest BCUT2D eigenvalue weighted by molar-refractivity contribution is 9.10. The quantitative estimate of drug-likeness (QED) is 0.500. The minimum atomic E-state index is -0.466. The molecule has 1 amide bonds.